The summed E-state index contributed by atoms with van der Waals surface area (Å²) < 4.78 is 0.778. The van der Waals surface area contributed by atoms with Crippen LogP contribution < -0.4 is 0 Å². The second-order valence-electron chi connectivity index (χ2n) is 1.45. The van der Waals surface area contributed by atoms with Crippen LogP contribution in [0.5, 0.6) is 0 Å². The molecule has 0 saturated heterocycles. The van der Waals surface area contributed by atoms with Crippen LogP contribution in [0.3, 0.4) is 0 Å². The van der Waals surface area contributed by atoms with Crippen molar-refractivity contribution in [2.75, 3.05) is 6.54 Å². The summed E-state index contributed by atoms with van der Waals surface area (Å²) in [5.74, 6) is 0. The minimum Gasteiger partial charge on any atom is -0.287 e. The number of hydrogen-bond acceptors (Lipinski definition) is 2. The number of aliphatic imine (C=N–C) groups is 1. The number of halogens is 1. The van der Waals surface area contributed by atoms with Gasteiger partial charge in [-0.2, -0.15) is 0 Å². The topological polar surface area (TPSA) is 61.1 Å². The van der Waals surface area contributed by atoms with Crippen molar-refractivity contribution in [2.45, 2.75) is 0 Å². The Morgan fingerprint density at radius 3 is 3.11 bits per heavy atom. The van der Waals surface area contributed by atoms with E-state index in [4.69, 9.17) is 5.53 Å². The lowest BCUT2D eigenvalue weighted by Gasteiger charge is -1.84. The molecule has 0 aromatic rings. The van der Waals surface area contributed by atoms with E-state index in [1.807, 2.05) is 0 Å². The molecule has 0 radical (unpaired) electrons. The Kier molecular flexibility index (Phi) is 1.87. The van der Waals surface area contributed by atoms with E-state index in [0.29, 0.717) is 12.2 Å². The Morgan fingerprint density at radius 2 is 2.67 bits per heavy atom. The van der Waals surface area contributed by atoms with E-state index in [9.17, 15) is 0 Å². The van der Waals surface area contributed by atoms with Gasteiger partial charge in [-0.25, -0.2) is 0 Å². The van der Waals surface area contributed by atoms with Gasteiger partial charge in [0.15, 0.2) is 0 Å². The Bertz CT molecular complexity index is 223. The summed E-state index contributed by atoms with van der Waals surface area (Å²) in [5, 5.41) is 3.39. The Hall–Kier alpha value is -0.800. The number of nitrogens with zero attached hydrogens (tertiary/aromatic N) is 4. The molecule has 0 aliphatic carbocycles. The molecule has 1 aliphatic heterocycles. The summed E-state index contributed by atoms with van der Waals surface area (Å²) in [6.45, 7) is 0.491. The summed E-state index contributed by atoms with van der Waals surface area (Å²) in [6, 6.07) is 0. The van der Waals surface area contributed by atoms with Gasteiger partial charge in [0, 0.05) is 15.6 Å². The zero-order chi connectivity index (χ0) is 6.69. The number of rotatable bonds is 1. The smallest absolute Gasteiger partial charge is 0.0677 e. The number of azide groups is 1. The lowest BCUT2D eigenvalue weighted by Crippen LogP contribution is -1.76. The van der Waals surface area contributed by atoms with E-state index in [0.717, 1.165) is 4.48 Å². The zero-order valence-electron chi connectivity index (χ0n) is 4.45. The first kappa shape index (κ1) is 6.32. The molecule has 0 aromatic heterocycles. The predicted molar refractivity (Wildman–Crippen MR) is 38.5 cm³/mol. The fourth-order valence-corrected chi connectivity index (χ4v) is 0.845. The summed E-state index contributed by atoms with van der Waals surface area (Å²) in [4.78, 5) is 6.48. The standard InChI is InChI=1S/C4H3BrN4/c5-3-1-7-2-4(3)8-9-6/h1H,2H2. The molecular weight excluding hydrogens is 184 g/mol. The van der Waals surface area contributed by atoms with Crippen molar-refractivity contribution in [2.24, 2.45) is 10.1 Å². The quantitative estimate of drug-likeness (QED) is 0.342. The third kappa shape index (κ3) is 1.31. The Labute approximate surface area is 60.0 Å². The molecule has 0 saturated carbocycles. The maximum absolute atomic E-state index is 7.99. The molecule has 46 valence electrons. The van der Waals surface area contributed by atoms with E-state index in [2.05, 4.69) is 30.9 Å². The molecule has 0 atom stereocenters. The van der Waals surface area contributed by atoms with Gasteiger partial charge in [0.2, 0.25) is 0 Å². The van der Waals surface area contributed by atoms with Gasteiger partial charge in [-0.05, 0) is 21.5 Å². The maximum Gasteiger partial charge on any atom is 0.0677 e. The van der Waals surface area contributed by atoms with Crippen LogP contribution >= 0.6 is 15.9 Å². The number of hydrogen-bond donors (Lipinski definition) is 0. The molecule has 0 N–H and O–H groups in total. The average molecular weight is 187 g/mol. The van der Waals surface area contributed by atoms with Crippen LogP contribution in [0.1, 0.15) is 0 Å². The molecule has 0 fully saturated rings. The Morgan fingerprint density at radius 1 is 1.89 bits per heavy atom. The maximum atomic E-state index is 7.99. The number of allylic oxidation sites excluding steroid dienone is 1. The molecule has 9 heavy (non-hydrogen) atoms. The largest absolute Gasteiger partial charge is 0.287 e. The van der Waals surface area contributed by atoms with Gasteiger partial charge in [-0.1, -0.05) is 5.11 Å². The average Bonchev–Trinajstić information content (AvgIpc) is 2.18. The lowest BCUT2D eigenvalue weighted by molar-refractivity contribution is 1.13. The van der Waals surface area contributed by atoms with E-state index in [-0.39, 0.29) is 0 Å². The second-order valence-corrected chi connectivity index (χ2v) is 2.31. The normalized spacial score (nSPS) is 16.1. The predicted octanol–water partition coefficient (Wildman–Crippen LogP) is 1.99. The van der Waals surface area contributed by atoms with Crippen molar-refractivity contribution >= 4 is 22.1 Å². The summed E-state index contributed by atoms with van der Waals surface area (Å²) >= 11 is 3.17. The highest BCUT2D eigenvalue weighted by molar-refractivity contribution is 9.12. The van der Waals surface area contributed by atoms with Crippen LogP contribution in [0.15, 0.2) is 20.3 Å². The van der Waals surface area contributed by atoms with Gasteiger partial charge in [-0.3, -0.25) is 4.99 Å². The highest BCUT2D eigenvalue weighted by Crippen LogP contribution is 2.16. The first-order valence-electron chi connectivity index (χ1n) is 2.28. The van der Waals surface area contributed by atoms with Crippen LogP contribution in [-0.4, -0.2) is 12.8 Å². The fraction of sp³-hybridized carbons (Fsp3) is 0.250. The van der Waals surface area contributed by atoms with E-state index in [1.54, 1.807) is 6.21 Å². The van der Waals surface area contributed by atoms with Crippen LogP contribution in [0, 0.1) is 0 Å². The van der Waals surface area contributed by atoms with E-state index < -0.39 is 0 Å². The molecule has 1 rings (SSSR count). The van der Waals surface area contributed by atoms with Gasteiger partial charge in [0.1, 0.15) is 0 Å². The van der Waals surface area contributed by atoms with Crippen LogP contribution in [-0.2, 0) is 0 Å². The third-order valence-electron chi connectivity index (χ3n) is 0.887. The van der Waals surface area contributed by atoms with Crippen molar-refractivity contribution in [3.63, 3.8) is 0 Å². The van der Waals surface area contributed by atoms with E-state index in [1.165, 1.54) is 0 Å². The molecule has 0 unspecified atom stereocenters. The molecule has 0 amide bonds. The van der Waals surface area contributed by atoms with Crippen LogP contribution in [0.4, 0.5) is 0 Å². The highest BCUT2D eigenvalue weighted by Gasteiger charge is 2.03. The molecule has 0 aromatic carbocycles. The molecule has 1 aliphatic rings. The first-order valence-corrected chi connectivity index (χ1v) is 3.07. The van der Waals surface area contributed by atoms with Crippen LogP contribution in [0.2, 0.25) is 0 Å². The monoisotopic (exact) mass is 186 g/mol. The summed E-state index contributed by atoms with van der Waals surface area (Å²) in [7, 11) is 0. The molecule has 0 bridgehead atoms. The third-order valence-corrected chi connectivity index (χ3v) is 1.55. The van der Waals surface area contributed by atoms with Crippen molar-refractivity contribution in [3.05, 3.63) is 20.6 Å². The van der Waals surface area contributed by atoms with Gasteiger partial charge in [0.25, 0.3) is 0 Å². The van der Waals surface area contributed by atoms with E-state index >= 15 is 0 Å². The van der Waals surface area contributed by atoms with Crippen molar-refractivity contribution in [3.8, 4) is 0 Å². The van der Waals surface area contributed by atoms with Crippen molar-refractivity contribution in [1.29, 1.82) is 0 Å². The van der Waals surface area contributed by atoms with Gasteiger partial charge in [0.05, 0.1) is 12.2 Å². The summed E-state index contributed by atoms with van der Waals surface area (Å²) in [5.41, 5.74) is 8.64. The van der Waals surface area contributed by atoms with Gasteiger partial charge in [-0.15, -0.1) is 0 Å². The van der Waals surface area contributed by atoms with Crippen LogP contribution in [0.25, 0.3) is 10.4 Å². The van der Waals surface area contributed by atoms with Gasteiger partial charge >= 0.3 is 0 Å². The molecule has 1 heterocycles. The fourth-order valence-electron chi connectivity index (χ4n) is 0.496. The van der Waals surface area contributed by atoms with Crippen molar-refractivity contribution < 1.29 is 0 Å². The molecule has 4 nitrogen and oxygen atoms in total. The highest BCUT2D eigenvalue weighted by atomic mass is 79.9. The SMILES string of the molecule is [N-]=[N+]=NC1=C(Br)C=NC1. The Balaban J connectivity index is 2.85. The lowest BCUT2D eigenvalue weighted by atomic mass is 10.5. The zero-order valence-corrected chi connectivity index (χ0v) is 6.04. The minimum absolute atomic E-state index is 0.491. The van der Waals surface area contributed by atoms with Crippen molar-refractivity contribution in [1.82, 2.24) is 0 Å². The minimum atomic E-state index is 0.491. The molecular formula is C4H3BrN4. The molecule has 0 spiro atoms. The summed E-state index contributed by atoms with van der Waals surface area (Å²) in [6.07, 6.45) is 1.63. The van der Waals surface area contributed by atoms with Gasteiger partial charge < -0.3 is 0 Å². The first-order chi connectivity index (χ1) is 4.34. The molecule has 5 heteroatoms. The second kappa shape index (κ2) is 2.66.